The molecule has 3 aromatic carbocycles. The van der Waals surface area contributed by atoms with E-state index in [1.165, 1.54) is 48.5 Å². The summed E-state index contributed by atoms with van der Waals surface area (Å²) < 4.78 is 80.4. The van der Waals surface area contributed by atoms with Crippen LogP contribution in [-0.4, -0.2) is 51.1 Å². The van der Waals surface area contributed by atoms with Gasteiger partial charge in [-0.15, -0.1) is 13.2 Å². The molecule has 4 rings (SSSR count). The molecule has 1 N–H and O–H groups in total. The predicted molar refractivity (Wildman–Crippen MR) is 131 cm³/mol. The fourth-order valence-electron chi connectivity index (χ4n) is 4.19. The van der Waals surface area contributed by atoms with Gasteiger partial charge in [0, 0.05) is 42.7 Å². The van der Waals surface area contributed by atoms with Crippen molar-refractivity contribution in [3.63, 3.8) is 0 Å². The molecular weight excluding hydrogens is 512 g/mol. The molecule has 37 heavy (non-hydrogen) atoms. The van der Waals surface area contributed by atoms with Gasteiger partial charge in [0.15, 0.2) is 9.84 Å². The Balaban J connectivity index is 1.67. The van der Waals surface area contributed by atoms with Gasteiger partial charge in [0.2, 0.25) is 0 Å². The molecule has 0 radical (unpaired) electrons. The third-order valence-corrected chi connectivity index (χ3v) is 7.05. The topological polar surface area (TPSA) is 75.7 Å². The average molecular weight is 537 g/mol. The normalized spacial score (nSPS) is 16.5. The van der Waals surface area contributed by atoms with Crippen LogP contribution in [-0.2, 0) is 16.4 Å². The molecule has 1 heterocycles. The Kier molecular flexibility index (Phi) is 7.56. The number of hydrogen-bond donors (Lipinski definition) is 1. The highest BCUT2D eigenvalue weighted by Gasteiger charge is 2.32. The van der Waals surface area contributed by atoms with Crippen LogP contribution < -0.4 is 10.1 Å². The summed E-state index contributed by atoms with van der Waals surface area (Å²) in [6, 6.07) is 15.9. The number of likely N-dealkylation sites (tertiary alicyclic amines) is 1. The summed E-state index contributed by atoms with van der Waals surface area (Å²) in [4.78, 5) is 14.9. The standard InChI is InChI=1S/C26H24F4N2O4S/c1-37(34,35)21-9-7-20(8-10-21)31-25(33)17-6-11-22(18(14-17)15-32-13-12-19(27)16-32)23-4-2-3-5-24(23)36-26(28,29)30/h2-11,14,19H,12-13,15-16H2,1H3,(H,31,33)/t19-/m0/s1. The van der Waals surface area contributed by atoms with Crippen LogP contribution in [0, 0.1) is 0 Å². The number of rotatable bonds is 7. The zero-order valence-corrected chi connectivity index (χ0v) is 20.6. The quantitative estimate of drug-likeness (QED) is 0.407. The molecule has 1 saturated heterocycles. The fraction of sp³-hybridized carbons (Fsp3) is 0.269. The van der Waals surface area contributed by atoms with Gasteiger partial charge in [-0.05, 0) is 60.0 Å². The van der Waals surface area contributed by atoms with Gasteiger partial charge < -0.3 is 10.1 Å². The third-order valence-electron chi connectivity index (χ3n) is 5.92. The molecule has 196 valence electrons. The number of nitrogens with one attached hydrogen (secondary N) is 1. The molecule has 1 aliphatic rings. The smallest absolute Gasteiger partial charge is 0.405 e. The van der Waals surface area contributed by atoms with Crippen LogP contribution in [0.5, 0.6) is 5.75 Å². The first-order valence-electron chi connectivity index (χ1n) is 11.3. The lowest BCUT2D eigenvalue weighted by molar-refractivity contribution is -0.274. The van der Waals surface area contributed by atoms with E-state index in [9.17, 15) is 30.8 Å². The van der Waals surface area contributed by atoms with Crippen molar-refractivity contribution in [1.29, 1.82) is 0 Å². The lowest BCUT2D eigenvalue weighted by atomic mass is 9.96. The lowest BCUT2D eigenvalue weighted by Gasteiger charge is -2.20. The van der Waals surface area contributed by atoms with Gasteiger partial charge >= 0.3 is 6.36 Å². The first-order chi connectivity index (χ1) is 17.4. The molecule has 1 atom stereocenters. The molecule has 0 aliphatic carbocycles. The minimum absolute atomic E-state index is 0.105. The number of nitrogens with zero attached hydrogens (tertiary/aromatic N) is 1. The van der Waals surface area contributed by atoms with Crippen LogP contribution >= 0.6 is 0 Å². The van der Waals surface area contributed by atoms with E-state index in [1.54, 1.807) is 18.2 Å². The van der Waals surface area contributed by atoms with E-state index < -0.39 is 28.3 Å². The molecule has 0 unspecified atom stereocenters. The second kappa shape index (κ2) is 10.5. The Morgan fingerprint density at radius 3 is 2.38 bits per heavy atom. The van der Waals surface area contributed by atoms with Crippen LogP contribution in [0.3, 0.4) is 0 Å². The Labute approximate surface area is 211 Å². The van der Waals surface area contributed by atoms with Gasteiger partial charge in [-0.25, -0.2) is 12.8 Å². The van der Waals surface area contributed by atoms with Crippen molar-refractivity contribution >= 4 is 21.4 Å². The number of hydrogen-bond acceptors (Lipinski definition) is 5. The summed E-state index contributed by atoms with van der Waals surface area (Å²) in [6.07, 6.45) is -4.45. The number of para-hydroxylation sites is 1. The van der Waals surface area contributed by atoms with Crippen LogP contribution in [0.4, 0.5) is 23.2 Å². The molecule has 0 spiro atoms. The summed E-state index contributed by atoms with van der Waals surface area (Å²) in [7, 11) is -3.39. The number of benzene rings is 3. The number of carbonyl (C=O) groups is 1. The number of sulfone groups is 1. The van der Waals surface area contributed by atoms with E-state index >= 15 is 0 Å². The van der Waals surface area contributed by atoms with E-state index in [1.807, 2.05) is 4.90 Å². The minimum atomic E-state index is -4.89. The summed E-state index contributed by atoms with van der Waals surface area (Å²) in [5.41, 5.74) is 1.75. The maximum atomic E-state index is 13.8. The van der Waals surface area contributed by atoms with E-state index in [2.05, 4.69) is 10.1 Å². The Morgan fingerprint density at radius 2 is 1.76 bits per heavy atom. The first kappa shape index (κ1) is 26.6. The molecule has 3 aromatic rings. The molecule has 11 heteroatoms. The molecule has 0 bridgehead atoms. The van der Waals surface area contributed by atoms with Crippen LogP contribution in [0.25, 0.3) is 11.1 Å². The van der Waals surface area contributed by atoms with Gasteiger partial charge in [0.05, 0.1) is 4.90 Å². The summed E-state index contributed by atoms with van der Waals surface area (Å²) in [6.45, 7) is 0.883. The van der Waals surface area contributed by atoms with Crippen LogP contribution in [0.15, 0.2) is 71.6 Å². The highest BCUT2D eigenvalue weighted by Crippen LogP contribution is 2.36. The average Bonchev–Trinajstić information content (AvgIpc) is 3.23. The highest BCUT2D eigenvalue weighted by atomic mass is 32.2. The molecule has 6 nitrogen and oxygen atoms in total. The molecule has 1 fully saturated rings. The zero-order valence-electron chi connectivity index (χ0n) is 19.8. The van der Waals surface area contributed by atoms with Gasteiger partial charge in [-0.1, -0.05) is 24.3 Å². The molecule has 1 aliphatic heterocycles. The maximum Gasteiger partial charge on any atom is 0.573 e. The lowest BCUT2D eigenvalue weighted by Crippen LogP contribution is -2.22. The Morgan fingerprint density at radius 1 is 1.05 bits per heavy atom. The van der Waals surface area contributed by atoms with Gasteiger partial charge in [-0.2, -0.15) is 0 Å². The number of amides is 1. The summed E-state index contributed by atoms with van der Waals surface area (Å²) in [5.74, 6) is -0.881. The molecule has 1 amide bonds. The second-order valence-corrected chi connectivity index (χ2v) is 10.8. The fourth-order valence-corrected chi connectivity index (χ4v) is 4.82. The molecule has 0 saturated carbocycles. The predicted octanol–water partition coefficient (Wildman–Crippen LogP) is 5.45. The second-order valence-electron chi connectivity index (χ2n) is 8.79. The van der Waals surface area contributed by atoms with Crippen molar-refractivity contribution in [3.8, 4) is 16.9 Å². The SMILES string of the molecule is CS(=O)(=O)c1ccc(NC(=O)c2ccc(-c3ccccc3OC(F)(F)F)c(CN3CC[C@H](F)C3)c2)cc1. The number of carbonyl (C=O) groups excluding carboxylic acids is 1. The van der Waals surface area contributed by atoms with Crippen LogP contribution in [0.2, 0.25) is 0 Å². The third kappa shape index (κ3) is 6.86. The van der Waals surface area contributed by atoms with Crippen molar-refractivity contribution in [3.05, 3.63) is 77.9 Å². The number of anilines is 1. The summed E-state index contributed by atoms with van der Waals surface area (Å²) >= 11 is 0. The van der Waals surface area contributed by atoms with Crippen molar-refractivity contribution in [2.24, 2.45) is 0 Å². The highest BCUT2D eigenvalue weighted by molar-refractivity contribution is 7.90. The van der Waals surface area contributed by atoms with E-state index in [4.69, 9.17) is 0 Å². The Hall–Kier alpha value is -3.44. The van der Waals surface area contributed by atoms with Gasteiger partial charge in [0.25, 0.3) is 5.91 Å². The number of alkyl halides is 4. The van der Waals surface area contributed by atoms with Gasteiger partial charge in [-0.3, -0.25) is 9.69 Å². The first-order valence-corrected chi connectivity index (χ1v) is 13.2. The van der Waals surface area contributed by atoms with Crippen LogP contribution in [0.1, 0.15) is 22.3 Å². The zero-order chi connectivity index (χ0) is 26.8. The Bertz CT molecular complexity index is 1390. The van der Waals surface area contributed by atoms with Gasteiger partial charge in [0.1, 0.15) is 11.9 Å². The molecule has 0 aromatic heterocycles. The number of ether oxygens (including phenoxy) is 1. The monoisotopic (exact) mass is 536 g/mol. The minimum Gasteiger partial charge on any atom is -0.405 e. The van der Waals surface area contributed by atoms with E-state index in [-0.39, 0.29) is 34.9 Å². The van der Waals surface area contributed by atoms with E-state index in [0.717, 1.165) is 6.26 Å². The maximum absolute atomic E-state index is 13.8. The molecular formula is C26H24F4N2O4S. The summed E-state index contributed by atoms with van der Waals surface area (Å²) in [5, 5.41) is 2.69. The largest absolute Gasteiger partial charge is 0.573 e. The van der Waals surface area contributed by atoms with Crippen molar-refractivity contribution in [1.82, 2.24) is 4.90 Å². The number of halogens is 4. The van der Waals surface area contributed by atoms with Crippen molar-refractivity contribution in [2.75, 3.05) is 24.7 Å². The van der Waals surface area contributed by atoms with Crippen molar-refractivity contribution < 1.29 is 35.5 Å². The van der Waals surface area contributed by atoms with E-state index in [0.29, 0.717) is 29.8 Å². The van der Waals surface area contributed by atoms with Crippen molar-refractivity contribution in [2.45, 2.75) is 30.4 Å².